The van der Waals surface area contributed by atoms with Gasteiger partial charge in [-0.3, -0.25) is 9.59 Å². The number of aliphatic hydroxyl groups is 1. The molecule has 2 heterocycles. The van der Waals surface area contributed by atoms with Crippen molar-refractivity contribution in [1.82, 2.24) is 25.1 Å². The molecule has 0 aliphatic carbocycles. The minimum Gasteiger partial charge on any atom is -0.394 e. The smallest absolute Gasteiger partial charge is 0.262 e. The number of aromatic nitrogens is 4. The van der Waals surface area contributed by atoms with Gasteiger partial charge in [-0.15, -0.1) is 0 Å². The lowest BCUT2D eigenvalue weighted by molar-refractivity contribution is -0.122. The Kier molecular flexibility index (Phi) is 6.77. The Balaban J connectivity index is 1.70. The highest BCUT2D eigenvalue weighted by molar-refractivity contribution is 5.77. The van der Waals surface area contributed by atoms with Crippen LogP contribution < -0.4 is 10.9 Å². The standard InChI is InChI=1S/C21H27N5O3/c1-14(2)8-9-15(13-27)23-19(28)11-10-18-24-20-17(21(29)25-18)12-22-26(20)16-6-4-3-5-7-16/h3-7,12,14-15,27H,8-11,13H2,1-2H3,(H,23,28)(H,24,25,29). The summed E-state index contributed by atoms with van der Waals surface area (Å²) in [5.74, 6) is 0.765. The van der Waals surface area contributed by atoms with Crippen molar-refractivity contribution in [3.8, 4) is 5.69 Å². The molecule has 8 heteroatoms. The van der Waals surface area contributed by atoms with Crippen LogP contribution in [-0.4, -0.2) is 43.4 Å². The molecule has 0 radical (unpaired) electrons. The molecule has 0 fully saturated rings. The lowest BCUT2D eigenvalue weighted by Crippen LogP contribution is -2.37. The van der Waals surface area contributed by atoms with Crippen LogP contribution in [0.25, 0.3) is 16.7 Å². The van der Waals surface area contributed by atoms with E-state index in [2.05, 4.69) is 34.2 Å². The Labute approximate surface area is 169 Å². The summed E-state index contributed by atoms with van der Waals surface area (Å²) >= 11 is 0. The number of fused-ring (bicyclic) bond motifs is 1. The number of rotatable bonds is 9. The first kappa shape index (κ1) is 20.7. The number of para-hydroxylation sites is 1. The number of carbonyl (C=O) groups is 1. The molecule has 0 saturated carbocycles. The van der Waals surface area contributed by atoms with Crippen molar-refractivity contribution in [2.24, 2.45) is 5.92 Å². The van der Waals surface area contributed by atoms with E-state index in [0.29, 0.717) is 29.2 Å². The molecule has 0 bridgehead atoms. The zero-order valence-electron chi connectivity index (χ0n) is 16.8. The maximum Gasteiger partial charge on any atom is 0.262 e. The number of benzene rings is 1. The zero-order chi connectivity index (χ0) is 20.8. The third-order valence-electron chi connectivity index (χ3n) is 4.75. The van der Waals surface area contributed by atoms with E-state index in [1.54, 1.807) is 4.68 Å². The maximum absolute atomic E-state index is 12.4. The Bertz CT molecular complexity index is 1010. The highest BCUT2D eigenvalue weighted by Gasteiger charge is 2.15. The molecule has 0 saturated heterocycles. The van der Waals surface area contributed by atoms with Crippen molar-refractivity contribution < 1.29 is 9.90 Å². The number of amides is 1. The van der Waals surface area contributed by atoms with Crippen LogP contribution in [-0.2, 0) is 11.2 Å². The van der Waals surface area contributed by atoms with Crippen molar-refractivity contribution >= 4 is 16.9 Å². The number of hydrogen-bond acceptors (Lipinski definition) is 5. The monoisotopic (exact) mass is 397 g/mol. The second-order valence-corrected chi connectivity index (χ2v) is 7.56. The fourth-order valence-electron chi connectivity index (χ4n) is 3.12. The number of hydrogen-bond donors (Lipinski definition) is 3. The van der Waals surface area contributed by atoms with Gasteiger partial charge in [-0.05, 0) is 30.9 Å². The number of nitrogens with zero attached hydrogens (tertiary/aromatic N) is 3. The summed E-state index contributed by atoms with van der Waals surface area (Å²) in [7, 11) is 0. The number of nitrogens with one attached hydrogen (secondary N) is 2. The Hall–Kier alpha value is -3.00. The van der Waals surface area contributed by atoms with Gasteiger partial charge in [-0.25, -0.2) is 9.67 Å². The highest BCUT2D eigenvalue weighted by atomic mass is 16.3. The number of aliphatic hydroxyl groups excluding tert-OH is 1. The van der Waals surface area contributed by atoms with E-state index in [1.165, 1.54) is 6.20 Å². The van der Waals surface area contributed by atoms with Crippen LogP contribution >= 0.6 is 0 Å². The van der Waals surface area contributed by atoms with Gasteiger partial charge in [0.25, 0.3) is 5.56 Å². The van der Waals surface area contributed by atoms with Gasteiger partial charge >= 0.3 is 0 Å². The van der Waals surface area contributed by atoms with Crippen LogP contribution in [0.15, 0.2) is 41.3 Å². The summed E-state index contributed by atoms with van der Waals surface area (Å²) in [6, 6.07) is 9.19. The van der Waals surface area contributed by atoms with Gasteiger partial charge in [-0.2, -0.15) is 5.10 Å². The second-order valence-electron chi connectivity index (χ2n) is 7.56. The van der Waals surface area contributed by atoms with Crippen molar-refractivity contribution in [2.45, 2.75) is 45.6 Å². The van der Waals surface area contributed by atoms with E-state index in [-0.39, 0.29) is 30.5 Å². The summed E-state index contributed by atoms with van der Waals surface area (Å²) in [6.07, 6.45) is 3.62. The second kappa shape index (κ2) is 9.47. The van der Waals surface area contributed by atoms with Gasteiger partial charge < -0.3 is 15.4 Å². The molecular weight excluding hydrogens is 370 g/mol. The zero-order valence-corrected chi connectivity index (χ0v) is 16.8. The Morgan fingerprint density at radius 3 is 2.69 bits per heavy atom. The van der Waals surface area contributed by atoms with Gasteiger partial charge in [0, 0.05) is 12.8 Å². The predicted molar refractivity (Wildman–Crippen MR) is 111 cm³/mol. The van der Waals surface area contributed by atoms with Crippen molar-refractivity contribution in [1.29, 1.82) is 0 Å². The number of carbonyl (C=O) groups excluding carboxylic acids is 1. The molecule has 1 atom stereocenters. The largest absolute Gasteiger partial charge is 0.394 e. The fourth-order valence-corrected chi connectivity index (χ4v) is 3.12. The molecule has 29 heavy (non-hydrogen) atoms. The van der Waals surface area contributed by atoms with Crippen molar-refractivity contribution in [2.75, 3.05) is 6.61 Å². The number of H-pyrrole nitrogens is 1. The SMILES string of the molecule is CC(C)CCC(CO)NC(=O)CCc1nc2c(cnn2-c2ccccc2)c(=O)[nH]1. The average Bonchev–Trinajstić information content (AvgIpc) is 3.14. The van der Waals surface area contributed by atoms with E-state index in [4.69, 9.17) is 0 Å². The first-order valence-electron chi connectivity index (χ1n) is 9.90. The summed E-state index contributed by atoms with van der Waals surface area (Å²) in [5, 5.41) is 17.0. The maximum atomic E-state index is 12.4. The number of aromatic amines is 1. The van der Waals surface area contributed by atoms with E-state index in [1.807, 2.05) is 30.3 Å². The third kappa shape index (κ3) is 5.29. The summed E-state index contributed by atoms with van der Waals surface area (Å²) < 4.78 is 1.61. The molecule has 1 aromatic carbocycles. The Morgan fingerprint density at radius 1 is 1.24 bits per heavy atom. The molecule has 3 N–H and O–H groups in total. The van der Waals surface area contributed by atoms with Crippen LogP contribution in [0.3, 0.4) is 0 Å². The minimum absolute atomic E-state index is 0.0875. The van der Waals surface area contributed by atoms with E-state index < -0.39 is 0 Å². The molecule has 1 unspecified atom stereocenters. The molecule has 0 aliphatic rings. The molecule has 3 rings (SSSR count). The average molecular weight is 397 g/mol. The number of aryl methyl sites for hydroxylation is 1. The predicted octanol–water partition coefficient (Wildman–Crippen LogP) is 1.95. The van der Waals surface area contributed by atoms with Gasteiger partial charge in [0.1, 0.15) is 11.2 Å². The van der Waals surface area contributed by atoms with Gasteiger partial charge in [-0.1, -0.05) is 32.0 Å². The van der Waals surface area contributed by atoms with Crippen LogP contribution in [0.4, 0.5) is 0 Å². The van der Waals surface area contributed by atoms with Crippen LogP contribution in [0.5, 0.6) is 0 Å². The van der Waals surface area contributed by atoms with Crippen LogP contribution in [0.1, 0.15) is 38.9 Å². The molecule has 8 nitrogen and oxygen atoms in total. The van der Waals surface area contributed by atoms with Gasteiger partial charge in [0.2, 0.25) is 5.91 Å². The van der Waals surface area contributed by atoms with E-state index in [9.17, 15) is 14.7 Å². The van der Waals surface area contributed by atoms with Crippen molar-refractivity contribution in [3.63, 3.8) is 0 Å². The van der Waals surface area contributed by atoms with E-state index in [0.717, 1.165) is 18.5 Å². The van der Waals surface area contributed by atoms with Gasteiger partial charge in [0.15, 0.2) is 5.65 Å². The lowest BCUT2D eigenvalue weighted by Gasteiger charge is -2.17. The highest BCUT2D eigenvalue weighted by Crippen LogP contribution is 2.14. The van der Waals surface area contributed by atoms with Crippen LogP contribution in [0.2, 0.25) is 0 Å². The first-order valence-corrected chi connectivity index (χ1v) is 9.90. The van der Waals surface area contributed by atoms with Crippen LogP contribution in [0, 0.1) is 5.92 Å². The normalized spacial score (nSPS) is 12.4. The molecule has 2 aromatic heterocycles. The fraction of sp³-hybridized carbons (Fsp3) is 0.429. The summed E-state index contributed by atoms with van der Waals surface area (Å²) in [4.78, 5) is 31.9. The molecule has 0 aliphatic heterocycles. The third-order valence-corrected chi connectivity index (χ3v) is 4.75. The summed E-state index contributed by atoms with van der Waals surface area (Å²) in [5.41, 5.74) is 0.985. The Morgan fingerprint density at radius 2 is 2.00 bits per heavy atom. The molecule has 0 spiro atoms. The van der Waals surface area contributed by atoms with Gasteiger partial charge in [0.05, 0.1) is 24.5 Å². The summed E-state index contributed by atoms with van der Waals surface area (Å²) in [6.45, 7) is 4.12. The molecule has 3 aromatic rings. The molecular formula is C21H27N5O3. The van der Waals surface area contributed by atoms with Crippen molar-refractivity contribution in [3.05, 3.63) is 52.7 Å². The quantitative estimate of drug-likeness (QED) is 0.511. The van der Waals surface area contributed by atoms with E-state index >= 15 is 0 Å². The lowest BCUT2D eigenvalue weighted by atomic mass is 10.0. The molecule has 1 amide bonds. The topological polar surface area (TPSA) is 113 Å². The first-order chi connectivity index (χ1) is 14.0. The minimum atomic E-state index is -0.280. The molecule has 154 valence electrons.